The molecule has 104 valence electrons. The Bertz CT molecular complexity index is 684. The van der Waals surface area contributed by atoms with Gasteiger partial charge in [0.05, 0.1) is 16.9 Å². The van der Waals surface area contributed by atoms with E-state index in [-0.39, 0.29) is 5.56 Å². The molecule has 0 aliphatic rings. The van der Waals surface area contributed by atoms with Crippen molar-refractivity contribution >= 4 is 17.3 Å². The fraction of sp³-hybridized carbons (Fsp3) is 0.133. The van der Waals surface area contributed by atoms with Crippen LogP contribution in [-0.2, 0) is 0 Å². The van der Waals surface area contributed by atoms with Crippen LogP contribution in [0.25, 0.3) is 0 Å². The Morgan fingerprint density at radius 2 is 1.80 bits per heavy atom. The lowest BCUT2D eigenvalue weighted by Gasteiger charge is -2.11. The number of nitrogen functional groups attached to an aromatic ring is 1. The standard InChI is InChI=1S/C15H14F2N2O/c1-8-6-12(18)13(7-9(8)2)19-15(20)10-4-3-5-11(16)14(10)17/h3-7H,18H2,1-2H3,(H,19,20). The SMILES string of the molecule is Cc1cc(N)c(NC(=O)c2cccc(F)c2F)cc1C. The van der Waals surface area contributed by atoms with Gasteiger partial charge in [0.25, 0.3) is 5.91 Å². The van der Waals surface area contributed by atoms with Gasteiger partial charge in [0.2, 0.25) is 0 Å². The third kappa shape index (κ3) is 2.61. The Labute approximate surface area is 115 Å². The van der Waals surface area contributed by atoms with E-state index in [2.05, 4.69) is 5.32 Å². The number of carbonyl (C=O) groups is 1. The number of carbonyl (C=O) groups excluding carboxylic acids is 1. The molecular formula is C15H14F2N2O. The molecule has 3 N–H and O–H groups in total. The van der Waals surface area contributed by atoms with E-state index in [9.17, 15) is 13.6 Å². The van der Waals surface area contributed by atoms with Gasteiger partial charge < -0.3 is 11.1 Å². The molecule has 0 saturated carbocycles. The van der Waals surface area contributed by atoms with Crippen molar-refractivity contribution in [3.63, 3.8) is 0 Å². The summed E-state index contributed by atoms with van der Waals surface area (Å²) in [5, 5.41) is 2.49. The summed E-state index contributed by atoms with van der Waals surface area (Å²) in [6.07, 6.45) is 0. The highest BCUT2D eigenvalue weighted by molar-refractivity contribution is 6.06. The number of halogens is 2. The number of benzene rings is 2. The van der Waals surface area contributed by atoms with Gasteiger partial charge in [-0.2, -0.15) is 0 Å². The molecule has 1 amide bonds. The summed E-state index contributed by atoms with van der Waals surface area (Å²) < 4.78 is 26.6. The van der Waals surface area contributed by atoms with Gasteiger partial charge in [-0.25, -0.2) is 8.78 Å². The predicted octanol–water partition coefficient (Wildman–Crippen LogP) is 3.42. The number of aryl methyl sites for hydroxylation is 2. The van der Waals surface area contributed by atoms with E-state index >= 15 is 0 Å². The van der Waals surface area contributed by atoms with Crippen molar-refractivity contribution in [3.8, 4) is 0 Å². The van der Waals surface area contributed by atoms with Crippen molar-refractivity contribution in [3.05, 3.63) is 58.7 Å². The molecule has 2 aromatic carbocycles. The van der Waals surface area contributed by atoms with Crippen LogP contribution in [0.5, 0.6) is 0 Å². The number of amides is 1. The molecule has 0 aromatic heterocycles. The van der Waals surface area contributed by atoms with Crippen LogP contribution in [0.3, 0.4) is 0 Å². The van der Waals surface area contributed by atoms with Crippen molar-refractivity contribution in [1.29, 1.82) is 0 Å². The first-order valence-electron chi connectivity index (χ1n) is 6.02. The summed E-state index contributed by atoms with van der Waals surface area (Å²) in [5.74, 6) is -2.98. The summed E-state index contributed by atoms with van der Waals surface area (Å²) in [5.41, 5.74) is 8.12. The van der Waals surface area contributed by atoms with Crippen LogP contribution in [0.2, 0.25) is 0 Å². The second-order valence-electron chi connectivity index (χ2n) is 4.58. The van der Waals surface area contributed by atoms with E-state index in [1.807, 2.05) is 13.8 Å². The predicted molar refractivity (Wildman–Crippen MR) is 74.6 cm³/mol. The Hall–Kier alpha value is -2.43. The highest BCUT2D eigenvalue weighted by atomic mass is 19.2. The largest absolute Gasteiger partial charge is 0.397 e. The highest BCUT2D eigenvalue weighted by Crippen LogP contribution is 2.24. The molecule has 0 bridgehead atoms. The van der Waals surface area contributed by atoms with Crippen LogP contribution in [0.4, 0.5) is 20.2 Å². The third-order valence-corrected chi connectivity index (χ3v) is 3.11. The van der Waals surface area contributed by atoms with Crippen LogP contribution in [-0.4, -0.2) is 5.91 Å². The summed E-state index contributed by atoms with van der Waals surface area (Å²) in [6, 6.07) is 6.85. The first-order valence-corrected chi connectivity index (χ1v) is 6.02. The summed E-state index contributed by atoms with van der Waals surface area (Å²) in [4.78, 5) is 12.0. The smallest absolute Gasteiger partial charge is 0.258 e. The molecule has 0 fully saturated rings. The first kappa shape index (κ1) is 14.0. The van der Waals surface area contributed by atoms with Crippen LogP contribution in [0.15, 0.2) is 30.3 Å². The van der Waals surface area contributed by atoms with Crippen LogP contribution in [0, 0.1) is 25.5 Å². The highest BCUT2D eigenvalue weighted by Gasteiger charge is 2.16. The number of hydrogen-bond donors (Lipinski definition) is 2. The van der Waals surface area contributed by atoms with E-state index in [1.54, 1.807) is 12.1 Å². The molecule has 0 saturated heterocycles. The first-order chi connectivity index (χ1) is 9.40. The number of anilines is 2. The Morgan fingerprint density at radius 1 is 1.15 bits per heavy atom. The second-order valence-corrected chi connectivity index (χ2v) is 4.58. The molecule has 0 atom stereocenters. The number of hydrogen-bond acceptors (Lipinski definition) is 2. The van der Waals surface area contributed by atoms with Crippen molar-refractivity contribution in [2.45, 2.75) is 13.8 Å². The maximum atomic E-state index is 13.5. The molecule has 2 rings (SSSR count). The fourth-order valence-electron chi connectivity index (χ4n) is 1.82. The maximum absolute atomic E-state index is 13.5. The monoisotopic (exact) mass is 276 g/mol. The van der Waals surface area contributed by atoms with Crippen molar-refractivity contribution in [2.75, 3.05) is 11.1 Å². The zero-order valence-corrected chi connectivity index (χ0v) is 11.1. The Morgan fingerprint density at radius 3 is 2.50 bits per heavy atom. The second kappa shape index (κ2) is 5.28. The van der Waals surface area contributed by atoms with Crippen molar-refractivity contribution in [1.82, 2.24) is 0 Å². The lowest BCUT2D eigenvalue weighted by Crippen LogP contribution is -2.15. The molecule has 0 unspecified atom stereocenters. The molecule has 0 aliphatic heterocycles. The van der Waals surface area contributed by atoms with E-state index in [1.165, 1.54) is 12.1 Å². The van der Waals surface area contributed by atoms with E-state index < -0.39 is 17.5 Å². The Kier molecular flexibility index (Phi) is 3.70. The van der Waals surface area contributed by atoms with Gasteiger partial charge in [0, 0.05) is 0 Å². The van der Waals surface area contributed by atoms with E-state index in [0.29, 0.717) is 11.4 Å². The van der Waals surface area contributed by atoms with Gasteiger partial charge in [-0.15, -0.1) is 0 Å². The zero-order valence-electron chi connectivity index (χ0n) is 11.1. The Balaban J connectivity index is 2.33. The lowest BCUT2D eigenvalue weighted by atomic mass is 10.1. The maximum Gasteiger partial charge on any atom is 0.258 e. The van der Waals surface area contributed by atoms with Gasteiger partial charge in [0.15, 0.2) is 11.6 Å². The minimum Gasteiger partial charge on any atom is -0.397 e. The average molecular weight is 276 g/mol. The minimum atomic E-state index is -1.17. The lowest BCUT2D eigenvalue weighted by molar-refractivity contribution is 0.102. The van der Waals surface area contributed by atoms with Crippen molar-refractivity contribution < 1.29 is 13.6 Å². The molecule has 0 radical (unpaired) electrons. The molecule has 20 heavy (non-hydrogen) atoms. The average Bonchev–Trinajstić information content (AvgIpc) is 2.39. The van der Waals surface area contributed by atoms with Gasteiger partial charge in [0.1, 0.15) is 0 Å². The van der Waals surface area contributed by atoms with E-state index in [4.69, 9.17) is 5.73 Å². The van der Waals surface area contributed by atoms with Gasteiger partial charge >= 0.3 is 0 Å². The molecule has 2 aromatic rings. The van der Waals surface area contributed by atoms with Crippen LogP contribution in [0.1, 0.15) is 21.5 Å². The molecule has 3 nitrogen and oxygen atoms in total. The quantitative estimate of drug-likeness (QED) is 0.826. The third-order valence-electron chi connectivity index (χ3n) is 3.11. The molecule has 0 aliphatic carbocycles. The van der Waals surface area contributed by atoms with Crippen LogP contribution < -0.4 is 11.1 Å². The molecule has 5 heteroatoms. The number of nitrogens with one attached hydrogen (secondary N) is 1. The van der Waals surface area contributed by atoms with E-state index in [0.717, 1.165) is 17.2 Å². The minimum absolute atomic E-state index is 0.359. The fourth-order valence-corrected chi connectivity index (χ4v) is 1.82. The normalized spacial score (nSPS) is 10.4. The molecule has 0 spiro atoms. The zero-order chi connectivity index (χ0) is 14.9. The topological polar surface area (TPSA) is 55.1 Å². The van der Waals surface area contributed by atoms with Gasteiger partial charge in [-0.05, 0) is 49.2 Å². The van der Waals surface area contributed by atoms with Gasteiger partial charge in [-0.1, -0.05) is 6.07 Å². The number of rotatable bonds is 2. The van der Waals surface area contributed by atoms with Crippen LogP contribution >= 0.6 is 0 Å². The summed E-state index contributed by atoms with van der Waals surface area (Å²) >= 11 is 0. The summed E-state index contributed by atoms with van der Waals surface area (Å²) in [6.45, 7) is 3.76. The summed E-state index contributed by atoms with van der Waals surface area (Å²) in [7, 11) is 0. The van der Waals surface area contributed by atoms with Crippen molar-refractivity contribution in [2.24, 2.45) is 0 Å². The molecule has 0 heterocycles. The molecular weight excluding hydrogens is 262 g/mol. The van der Waals surface area contributed by atoms with Gasteiger partial charge in [-0.3, -0.25) is 4.79 Å². The number of nitrogens with two attached hydrogens (primary N) is 1.